The van der Waals surface area contributed by atoms with Crippen LogP contribution in [0, 0.1) is 0 Å². The third kappa shape index (κ3) is 2.03. The number of halogens is 1. The predicted octanol–water partition coefficient (Wildman–Crippen LogP) is 3.07. The lowest BCUT2D eigenvalue weighted by molar-refractivity contribution is 0.739. The summed E-state index contributed by atoms with van der Waals surface area (Å²) < 4.78 is 0. The molecule has 0 N–H and O–H groups in total. The first kappa shape index (κ1) is 9.85. The Hall–Kier alpha value is -0.690. The summed E-state index contributed by atoms with van der Waals surface area (Å²) in [6.07, 6.45) is 3.54. The molecule has 1 aromatic rings. The Morgan fingerprint density at radius 2 is 2.07 bits per heavy atom. The van der Waals surface area contributed by atoms with Crippen molar-refractivity contribution < 1.29 is 0 Å². The van der Waals surface area contributed by atoms with Crippen LogP contribution in [0.1, 0.15) is 18.4 Å². The van der Waals surface area contributed by atoms with Crippen LogP contribution >= 0.6 is 11.6 Å². The van der Waals surface area contributed by atoms with E-state index in [-0.39, 0.29) is 0 Å². The van der Waals surface area contributed by atoms with Gasteiger partial charge in [-0.1, -0.05) is 18.2 Å². The van der Waals surface area contributed by atoms with Crippen molar-refractivity contribution in [3.05, 3.63) is 29.8 Å². The number of anilines is 1. The molecule has 0 aromatic heterocycles. The van der Waals surface area contributed by atoms with Crippen LogP contribution in [-0.4, -0.2) is 19.0 Å². The number of nitrogens with zero attached hydrogens (tertiary/aromatic N) is 1. The smallest absolute Gasteiger partial charge is 0.0399 e. The Morgan fingerprint density at radius 1 is 1.21 bits per heavy atom. The van der Waals surface area contributed by atoms with Crippen LogP contribution in [0.15, 0.2) is 24.3 Å². The molecule has 0 spiro atoms. The molecular weight excluding hydrogens is 194 g/mol. The van der Waals surface area contributed by atoms with Gasteiger partial charge in [0.05, 0.1) is 0 Å². The molecule has 0 unspecified atom stereocenters. The summed E-state index contributed by atoms with van der Waals surface area (Å²) in [6.45, 7) is 2.34. The molecule has 1 aromatic carbocycles. The summed E-state index contributed by atoms with van der Waals surface area (Å²) in [6, 6.07) is 8.71. The summed E-state index contributed by atoms with van der Waals surface area (Å²) >= 11 is 5.67. The largest absolute Gasteiger partial charge is 0.371 e. The summed E-state index contributed by atoms with van der Waals surface area (Å²) in [7, 11) is 0. The second kappa shape index (κ2) is 4.70. The Balaban J connectivity index is 1.96. The molecule has 1 nitrogen and oxygen atoms in total. The molecule has 14 heavy (non-hydrogen) atoms. The number of alkyl halides is 1. The number of fused-ring (bicyclic) bond motifs is 1. The number of benzene rings is 1. The fourth-order valence-corrected chi connectivity index (χ4v) is 2.22. The summed E-state index contributed by atoms with van der Waals surface area (Å²) in [5.74, 6) is 0.787. The highest BCUT2D eigenvalue weighted by Gasteiger charge is 2.16. The number of unbranched alkanes of at least 4 members (excludes halogenated alkanes) is 1. The van der Waals surface area contributed by atoms with E-state index in [4.69, 9.17) is 11.6 Å². The van der Waals surface area contributed by atoms with Gasteiger partial charge in [-0.15, -0.1) is 11.6 Å². The van der Waals surface area contributed by atoms with Gasteiger partial charge in [0, 0.05) is 24.7 Å². The fourth-order valence-electron chi connectivity index (χ4n) is 2.04. The number of hydrogen-bond donors (Lipinski definition) is 0. The minimum absolute atomic E-state index is 0.787. The highest BCUT2D eigenvalue weighted by atomic mass is 35.5. The monoisotopic (exact) mass is 209 g/mol. The predicted molar refractivity (Wildman–Crippen MR) is 62.3 cm³/mol. The standard InChI is InChI=1S/C12H16ClN/c13-8-3-4-9-14-10-7-11-5-1-2-6-12(11)14/h1-2,5-6H,3-4,7-10H2. The van der Waals surface area contributed by atoms with E-state index >= 15 is 0 Å². The topological polar surface area (TPSA) is 3.24 Å². The van der Waals surface area contributed by atoms with E-state index < -0.39 is 0 Å². The molecule has 1 heterocycles. The summed E-state index contributed by atoms with van der Waals surface area (Å²) in [4.78, 5) is 2.47. The number of rotatable bonds is 4. The Morgan fingerprint density at radius 3 is 2.93 bits per heavy atom. The molecule has 0 atom stereocenters. The molecule has 0 saturated carbocycles. The average Bonchev–Trinajstić information content (AvgIpc) is 2.63. The van der Waals surface area contributed by atoms with Crippen molar-refractivity contribution in [3.8, 4) is 0 Å². The third-order valence-electron chi connectivity index (χ3n) is 2.80. The van der Waals surface area contributed by atoms with Gasteiger partial charge in [-0.25, -0.2) is 0 Å². The summed E-state index contributed by atoms with van der Waals surface area (Å²) in [5.41, 5.74) is 2.93. The lowest BCUT2D eigenvalue weighted by Gasteiger charge is -2.18. The third-order valence-corrected chi connectivity index (χ3v) is 3.06. The van der Waals surface area contributed by atoms with Gasteiger partial charge in [0.15, 0.2) is 0 Å². The number of hydrogen-bond acceptors (Lipinski definition) is 1. The van der Waals surface area contributed by atoms with E-state index in [0.717, 1.165) is 18.8 Å². The summed E-state index contributed by atoms with van der Waals surface area (Å²) in [5, 5.41) is 0. The van der Waals surface area contributed by atoms with Crippen LogP contribution in [0.3, 0.4) is 0 Å². The second-order valence-corrected chi connectivity index (χ2v) is 4.14. The van der Waals surface area contributed by atoms with Gasteiger partial charge in [-0.3, -0.25) is 0 Å². The van der Waals surface area contributed by atoms with E-state index in [1.54, 1.807) is 0 Å². The minimum Gasteiger partial charge on any atom is -0.371 e. The van der Waals surface area contributed by atoms with E-state index in [1.165, 1.54) is 30.6 Å². The fraction of sp³-hybridized carbons (Fsp3) is 0.500. The Bertz CT molecular complexity index is 298. The maximum atomic E-state index is 5.67. The molecular formula is C12H16ClN. The van der Waals surface area contributed by atoms with Crippen LogP contribution in [0.25, 0.3) is 0 Å². The molecule has 2 rings (SSSR count). The first-order valence-electron chi connectivity index (χ1n) is 5.30. The molecule has 0 fully saturated rings. The average molecular weight is 210 g/mol. The Labute approximate surface area is 90.7 Å². The van der Waals surface area contributed by atoms with Crippen molar-refractivity contribution in [1.29, 1.82) is 0 Å². The van der Waals surface area contributed by atoms with E-state index in [1.807, 2.05) is 0 Å². The van der Waals surface area contributed by atoms with Gasteiger partial charge in [0.1, 0.15) is 0 Å². The molecule has 76 valence electrons. The molecule has 0 bridgehead atoms. The van der Waals surface area contributed by atoms with Gasteiger partial charge < -0.3 is 4.90 Å². The van der Waals surface area contributed by atoms with Gasteiger partial charge in [-0.2, -0.15) is 0 Å². The SMILES string of the molecule is ClCCCCN1CCc2ccccc21. The first-order valence-corrected chi connectivity index (χ1v) is 5.84. The van der Waals surface area contributed by atoms with E-state index in [0.29, 0.717) is 0 Å². The van der Waals surface area contributed by atoms with Gasteiger partial charge in [0.2, 0.25) is 0 Å². The normalized spacial score (nSPS) is 14.5. The van der Waals surface area contributed by atoms with Crippen molar-refractivity contribution in [3.63, 3.8) is 0 Å². The molecule has 1 aliphatic heterocycles. The lowest BCUT2D eigenvalue weighted by Crippen LogP contribution is -2.21. The van der Waals surface area contributed by atoms with Gasteiger partial charge in [-0.05, 0) is 30.9 Å². The first-order chi connectivity index (χ1) is 6.92. The quantitative estimate of drug-likeness (QED) is 0.544. The maximum Gasteiger partial charge on any atom is 0.0399 e. The van der Waals surface area contributed by atoms with Crippen LogP contribution in [0.4, 0.5) is 5.69 Å². The highest BCUT2D eigenvalue weighted by Crippen LogP contribution is 2.27. The van der Waals surface area contributed by atoms with Crippen LogP contribution in [-0.2, 0) is 6.42 Å². The molecule has 0 radical (unpaired) electrons. The van der Waals surface area contributed by atoms with E-state index in [2.05, 4.69) is 29.2 Å². The second-order valence-electron chi connectivity index (χ2n) is 3.76. The van der Waals surface area contributed by atoms with Crippen molar-refractivity contribution >= 4 is 17.3 Å². The Kier molecular flexibility index (Phi) is 3.30. The van der Waals surface area contributed by atoms with Crippen molar-refractivity contribution in [2.75, 3.05) is 23.9 Å². The van der Waals surface area contributed by atoms with E-state index in [9.17, 15) is 0 Å². The molecule has 1 aliphatic rings. The van der Waals surface area contributed by atoms with Crippen LogP contribution < -0.4 is 4.90 Å². The lowest BCUT2D eigenvalue weighted by atomic mass is 10.2. The van der Waals surface area contributed by atoms with Crippen molar-refractivity contribution in [2.24, 2.45) is 0 Å². The highest BCUT2D eigenvalue weighted by molar-refractivity contribution is 6.17. The zero-order valence-corrected chi connectivity index (χ0v) is 9.13. The zero-order valence-electron chi connectivity index (χ0n) is 8.38. The van der Waals surface area contributed by atoms with Crippen LogP contribution in [0.2, 0.25) is 0 Å². The van der Waals surface area contributed by atoms with Crippen LogP contribution in [0.5, 0.6) is 0 Å². The zero-order chi connectivity index (χ0) is 9.80. The maximum absolute atomic E-state index is 5.67. The molecule has 0 amide bonds. The van der Waals surface area contributed by atoms with Crippen molar-refractivity contribution in [2.45, 2.75) is 19.3 Å². The minimum atomic E-state index is 0.787. The van der Waals surface area contributed by atoms with Gasteiger partial charge in [0.25, 0.3) is 0 Å². The van der Waals surface area contributed by atoms with Gasteiger partial charge >= 0.3 is 0 Å². The molecule has 2 heteroatoms. The molecule has 0 aliphatic carbocycles. The van der Waals surface area contributed by atoms with Crippen molar-refractivity contribution in [1.82, 2.24) is 0 Å². The molecule has 0 saturated heterocycles. The number of para-hydroxylation sites is 1.